The van der Waals surface area contributed by atoms with Crippen molar-refractivity contribution in [1.29, 1.82) is 0 Å². The highest BCUT2D eigenvalue weighted by Gasteiger charge is 2.20. The van der Waals surface area contributed by atoms with Gasteiger partial charge in [0, 0.05) is 11.9 Å². The molecule has 2 heterocycles. The molecule has 0 fully saturated rings. The van der Waals surface area contributed by atoms with E-state index in [0.29, 0.717) is 18.1 Å². The van der Waals surface area contributed by atoms with Crippen LogP contribution in [0.3, 0.4) is 0 Å². The third kappa shape index (κ3) is 5.68. The molecule has 164 valence electrons. The van der Waals surface area contributed by atoms with Gasteiger partial charge in [-0.05, 0) is 42.7 Å². The normalized spacial score (nSPS) is 11.9. The van der Waals surface area contributed by atoms with Crippen LogP contribution in [-0.4, -0.2) is 27.7 Å². The lowest BCUT2D eigenvalue weighted by atomic mass is 10.1. The van der Waals surface area contributed by atoms with Gasteiger partial charge < -0.3 is 15.1 Å². The van der Waals surface area contributed by atoms with Crippen LogP contribution in [0, 0.1) is 0 Å². The summed E-state index contributed by atoms with van der Waals surface area (Å²) in [6, 6.07) is 21.9. The molecule has 4 rings (SSSR count). The van der Waals surface area contributed by atoms with Crippen molar-refractivity contribution in [1.82, 2.24) is 15.3 Å². The minimum Gasteiger partial charge on any atom is -0.467 e. The Kier molecular flexibility index (Phi) is 7.40. The number of thioether (sulfide) groups is 1. The number of carbonyl (C=O) groups excluding carboxylic acids is 1. The van der Waals surface area contributed by atoms with Gasteiger partial charge in [0.05, 0.1) is 23.6 Å². The van der Waals surface area contributed by atoms with E-state index in [1.165, 1.54) is 17.3 Å². The van der Waals surface area contributed by atoms with Crippen LogP contribution in [0.1, 0.15) is 24.7 Å². The zero-order valence-electron chi connectivity index (χ0n) is 18.0. The van der Waals surface area contributed by atoms with Crippen molar-refractivity contribution in [2.24, 2.45) is 0 Å². The number of rotatable bonds is 10. The van der Waals surface area contributed by atoms with Gasteiger partial charge in [0.2, 0.25) is 5.91 Å². The zero-order valence-corrected chi connectivity index (χ0v) is 18.8. The molecule has 0 radical (unpaired) electrons. The second kappa shape index (κ2) is 10.8. The monoisotopic (exact) mass is 446 g/mol. The summed E-state index contributed by atoms with van der Waals surface area (Å²) in [4.78, 5) is 22.2. The van der Waals surface area contributed by atoms with E-state index in [1.54, 1.807) is 6.26 Å². The van der Waals surface area contributed by atoms with Gasteiger partial charge in [-0.25, -0.2) is 9.97 Å². The van der Waals surface area contributed by atoms with Crippen LogP contribution in [0.4, 0.5) is 5.82 Å². The number of carbonyl (C=O) groups is 1. The summed E-state index contributed by atoms with van der Waals surface area (Å²) in [5.41, 5.74) is 2.13. The summed E-state index contributed by atoms with van der Waals surface area (Å²) in [5, 5.41) is 7.67. The zero-order chi connectivity index (χ0) is 22.2. The number of hydrogen-bond donors (Lipinski definition) is 2. The maximum atomic E-state index is 12.7. The van der Waals surface area contributed by atoms with E-state index in [-0.39, 0.29) is 11.2 Å². The number of hydrogen-bond acceptors (Lipinski definition) is 6. The van der Waals surface area contributed by atoms with Crippen molar-refractivity contribution >= 4 is 34.4 Å². The molecule has 0 aliphatic rings. The highest BCUT2D eigenvalue weighted by molar-refractivity contribution is 8.00. The second-order valence-electron chi connectivity index (χ2n) is 7.35. The van der Waals surface area contributed by atoms with Gasteiger partial charge in [-0.3, -0.25) is 4.79 Å². The minimum atomic E-state index is -0.289. The Morgan fingerprint density at radius 1 is 1.03 bits per heavy atom. The van der Waals surface area contributed by atoms with Crippen LogP contribution in [0.2, 0.25) is 0 Å². The molecule has 2 aromatic carbocycles. The Labute approximate surface area is 191 Å². The molecule has 0 aliphatic heterocycles. The summed E-state index contributed by atoms with van der Waals surface area (Å²) in [6.45, 7) is 3.12. The van der Waals surface area contributed by atoms with Gasteiger partial charge >= 0.3 is 0 Å². The first kappa shape index (κ1) is 21.9. The van der Waals surface area contributed by atoms with Gasteiger partial charge in [-0.15, -0.1) is 0 Å². The Bertz CT molecular complexity index is 1150. The van der Waals surface area contributed by atoms with E-state index in [1.807, 2.05) is 61.5 Å². The fourth-order valence-corrected chi connectivity index (χ4v) is 4.27. The Morgan fingerprint density at radius 3 is 2.62 bits per heavy atom. The summed E-state index contributed by atoms with van der Waals surface area (Å²) >= 11 is 1.39. The number of aromatic nitrogens is 2. The van der Waals surface area contributed by atoms with E-state index in [2.05, 4.69) is 22.8 Å². The Hall–Kier alpha value is -3.32. The molecule has 1 amide bonds. The predicted octanol–water partition coefficient (Wildman–Crippen LogP) is 5.06. The smallest absolute Gasteiger partial charge is 0.233 e. The molecule has 6 nitrogen and oxygen atoms in total. The number of furan rings is 1. The molecular weight excluding hydrogens is 420 g/mol. The van der Waals surface area contributed by atoms with E-state index < -0.39 is 0 Å². The molecule has 0 aliphatic carbocycles. The van der Waals surface area contributed by atoms with Crippen molar-refractivity contribution in [2.75, 3.05) is 11.9 Å². The molecule has 0 spiro atoms. The van der Waals surface area contributed by atoms with Crippen molar-refractivity contribution in [3.63, 3.8) is 0 Å². The quantitative estimate of drug-likeness (QED) is 0.262. The fourth-order valence-electron chi connectivity index (χ4n) is 3.36. The third-order valence-electron chi connectivity index (χ3n) is 5.06. The number of amides is 1. The highest BCUT2D eigenvalue weighted by atomic mass is 32.2. The summed E-state index contributed by atoms with van der Waals surface area (Å²) in [5.74, 6) is 1.47. The SMILES string of the molecule is CCC(Sc1nc(NCCc2ccccc2)c2ccccc2n1)C(=O)NCc1ccco1. The average molecular weight is 447 g/mol. The second-order valence-corrected chi connectivity index (χ2v) is 8.52. The lowest BCUT2D eigenvalue weighted by Gasteiger charge is -2.15. The maximum Gasteiger partial charge on any atom is 0.233 e. The van der Waals surface area contributed by atoms with Crippen molar-refractivity contribution in [2.45, 2.75) is 36.7 Å². The van der Waals surface area contributed by atoms with Gasteiger partial charge in [-0.2, -0.15) is 0 Å². The number of nitrogens with one attached hydrogen (secondary N) is 2. The molecule has 32 heavy (non-hydrogen) atoms. The summed E-state index contributed by atoms with van der Waals surface area (Å²) in [6.07, 6.45) is 3.17. The van der Waals surface area contributed by atoms with Crippen molar-refractivity contribution in [3.05, 3.63) is 84.3 Å². The first-order valence-corrected chi connectivity index (χ1v) is 11.6. The third-order valence-corrected chi connectivity index (χ3v) is 6.28. The van der Waals surface area contributed by atoms with E-state index in [9.17, 15) is 4.79 Å². The first-order valence-electron chi connectivity index (χ1n) is 10.7. The standard InChI is InChI=1S/C25H26N4O2S/c1-2-22(24(30)27-17-19-11-8-16-31-19)32-25-28-21-13-7-6-12-20(21)23(29-25)26-15-14-18-9-4-3-5-10-18/h3-13,16,22H,2,14-15,17H2,1H3,(H,27,30)(H,26,28,29). The molecular formula is C25H26N4O2S. The lowest BCUT2D eigenvalue weighted by Crippen LogP contribution is -2.31. The van der Waals surface area contributed by atoms with Gasteiger partial charge in [0.1, 0.15) is 11.6 Å². The Balaban J connectivity index is 1.46. The highest BCUT2D eigenvalue weighted by Crippen LogP contribution is 2.28. The van der Waals surface area contributed by atoms with Crippen molar-refractivity contribution < 1.29 is 9.21 Å². The lowest BCUT2D eigenvalue weighted by molar-refractivity contribution is -0.120. The van der Waals surface area contributed by atoms with E-state index in [0.717, 1.165) is 35.4 Å². The van der Waals surface area contributed by atoms with Gasteiger partial charge in [-0.1, -0.05) is 61.2 Å². The maximum absolute atomic E-state index is 12.7. The minimum absolute atomic E-state index is 0.0516. The number of fused-ring (bicyclic) bond motifs is 1. The molecule has 2 aromatic heterocycles. The molecule has 2 N–H and O–H groups in total. The number of benzene rings is 2. The molecule has 0 saturated heterocycles. The van der Waals surface area contributed by atoms with Crippen LogP contribution in [0.5, 0.6) is 0 Å². The predicted molar refractivity (Wildman–Crippen MR) is 129 cm³/mol. The summed E-state index contributed by atoms with van der Waals surface area (Å²) < 4.78 is 5.29. The van der Waals surface area contributed by atoms with Crippen LogP contribution in [-0.2, 0) is 17.8 Å². The topological polar surface area (TPSA) is 80.0 Å². The molecule has 1 unspecified atom stereocenters. The molecule has 4 aromatic rings. The largest absolute Gasteiger partial charge is 0.467 e. The van der Waals surface area contributed by atoms with E-state index in [4.69, 9.17) is 14.4 Å². The summed E-state index contributed by atoms with van der Waals surface area (Å²) in [7, 11) is 0. The average Bonchev–Trinajstić information content (AvgIpc) is 3.35. The molecule has 0 saturated carbocycles. The fraction of sp³-hybridized carbons (Fsp3) is 0.240. The van der Waals surface area contributed by atoms with Crippen LogP contribution >= 0.6 is 11.8 Å². The molecule has 1 atom stereocenters. The first-order chi connectivity index (χ1) is 15.7. The van der Waals surface area contributed by atoms with Crippen molar-refractivity contribution in [3.8, 4) is 0 Å². The Morgan fingerprint density at radius 2 is 1.84 bits per heavy atom. The number of para-hydroxylation sites is 1. The molecule has 7 heteroatoms. The van der Waals surface area contributed by atoms with E-state index >= 15 is 0 Å². The van der Waals surface area contributed by atoms with Gasteiger partial charge in [0.15, 0.2) is 5.16 Å². The number of nitrogens with zero attached hydrogens (tertiary/aromatic N) is 2. The van der Waals surface area contributed by atoms with Gasteiger partial charge in [0.25, 0.3) is 0 Å². The van der Waals surface area contributed by atoms with Crippen LogP contribution in [0.15, 0.2) is 82.6 Å². The molecule has 0 bridgehead atoms. The van der Waals surface area contributed by atoms with Crippen LogP contribution < -0.4 is 10.6 Å². The number of anilines is 1. The van der Waals surface area contributed by atoms with Crippen LogP contribution in [0.25, 0.3) is 10.9 Å².